The molecule has 0 aromatic carbocycles. The molecule has 1 aromatic heterocycles. The Morgan fingerprint density at radius 1 is 1.33 bits per heavy atom. The van der Waals surface area contributed by atoms with Gasteiger partial charge in [-0.15, -0.1) is 0 Å². The Kier molecular flexibility index (Phi) is 5.00. The molecule has 1 aromatic rings. The number of hydrogen-bond donors (Lipinski definition) is 1. The van der Waals surface area contributed by atoms with Gasteiger partial charge in [0.25, 0.3) is 0 Å². The monoisotopic (exact) mass is 247 g/mol. The number of likely N-dealkylation sites (tertiary alicyclic amines) is 1. The smallest absolute Gasteiger partial charge is 0.126 e. The number of anilines is 1. The standard InChI is InChI=1S/C15H25N3/c1-13-7-11-18(12-8-13)10-4-9-16-15-6-3-5-14(2)17-15/h3,5-6,13H,4,7-12H2,1-2H3,(H,16,17). The Balaban J connectivity index is 1.61. The third kappa shape index (κ3) is 4.30. The summed E-state index contributed by atoms with van der Waals surface area (Å²) in [5.74, 6) is 1.93. The van der Waals surface area contributed by atoms with Crippen LogP contribution >= 0.6 is 0 Å². The number of aromatic nitrogens is 1. The third-order valence-corrected chi connectivity index (χ3v) is 3.72. The summed E-state index contributed by atoms with van der Waals surface area (Å²) < 4.78 is 0. The fraction of sp³-hybridized carbons (Fsp3) is 0.667. The van der Waals surface area contributed by atoms with Crippen LogP contribution < -0.4 is 5.32 Å². The van der Waals surface area contributed by atoms with Crippen LogP contribution in [0.2, 0.25) is 0 Å². The van der Waals surface area contributed by atoms with Crippen LogP contribution in [0.1, 0.15) is 31.9 Å². The maximum absolute atomic E-state index is 4.44. The minimum atomic E-state index is 0.927. The van der Waals surface area contributed by atoms with E-state index >= 15 is 0 Å². The SMILES string of the molecule is Cc1cccc(NCCCN2CCC(C)CC2)n1. The second-order valence-corrected chi connectivity index (χ2v) is 5.47. The van der Waals surface area contributed by atoms with Crippen LogP contribution in [0.25, 0.3) is 0 Å². The predicted molar refractivity (Wildman–Crippen MR) is 76.9 cm³/mol. The van der Waals surface area contributed by atoms with Gasteiger partial charge in [0.1, 0.15) is 5.82 Å². The maximum Gasteiger partial charge on any atom is 0.126 e. The van der Waals surface area contributed by atoms with Crippen molar-refractivity contribution in [2.75, 3.05) is 31.5 Å². The van der Waals surface area contributed by atoms with E-state index in [0.29, 0.717) is 0 Å². The largest absolute Gasteiger partial charge is 0.370 e. The highest BCUT2D eigenvalue weighted by Gasteiger charge is 2.14. The van der Waals surface area contributed by atoms with E-state index in [2.05, 4.69) is 28.2 Å². The molecule has 1 N–H and O–H groups in total. The van der Waals surface area contributed by atoms with Crippen molar-refractivity contribution in [1.82, 2.24) is 9.88 Å². The van der Waals surface area contributed by atoms with Gasteiger partial charge in [-0.25, -0.2) is 4.98 Å². The Morgan fingerprint density at radius 2 is 2.11 bits per heavy atom. The van der Waals surface area contributed by atoms with Gasteiger partial charge in [0.2, 0.25) is 0 Å². The molecule has 0 radical (unpaired) electrons. The zero-order valence-electron chi connectivity index (χ0n) is 11.7. The molecular weight excluding hydrogens is 222 g/mol. The van der Waals surface area contributed by atoms with E-state index in [9.17, 15) is 0 Å². The first-order valence-corrected chi connectivity index (χ1v) is 7.14. The summed E-state index contributed by atoms with van der Waals surface area (Å²) in [7, 11) is 0. The molecule has 1 aliphatic heterocycles. The van der Waals surface area contributed by atoms with E-state index in [1.807, 2.05) is 19.1 Å². The van der Waals surface area contributed by atoms with E-state index in [-0.39, 0.29) is 0 Å². The Hall–Kier alpha value is -1.09. The maximum atomic E-state index is 4.44. The second-order valence-electron chi connectivity index (χ2n) is 5.47. The van der Waals surface area contributed by atoms with Crippen LogP contribution in [0.4, 0.5) is 5.82 Å². The number of aryl methyl sites for hydroxylation is 1. The molecule has 1 aliphatic rings. The van der Waals surface area contributed by atoms with Crippen molar-refractivity contribution >= 4 is 5.82 Å². The number of nitrogens with zero attached hydrogens (tertiary/aromatic N) is 2. The summed E-state index contributed by atoms with van der Waals surface area (Å²) >= 11 is 0. The van der Waals surface area contributed by atoms with Crippen LogP contribution in [0.3, 0.4) is 0 Å². The number of pyridine rings is 1. The van der Waals surface area contributed by atoms with E-state index in [0.717, 1.165) is 24.0 Å². The molecular formula is C15H25N3. The lowest BCUT2D eigenvalue weighted by Crippen LogP contribution is -2.34. The molecule has 100 valence electrons. The highest BCUT2D eigenvalue weighted by molar-refractivity contribution is 5.34. The molecule has 1 fully saturated rings. The molecule has 0 aliphatic carbocycles. The lowest BCUT2D eigenvalue weighted by Gasteiger charge is -2.30. The van der Waals surface area contributed by atoms with Gasteiger partial charge in [-0.1, -0.05) is 13.0 Å². The van der Waals surface area contributed by atoms with Crippen molar-refractivity contribution in [1.29, 1.82) is 0 Å². The molecule has 3 nitrogen and oxygen atoms in total. The molecule has 0 spiro atoms. The first-order valence-electron chi connectivity index (χ1n) is 7.14. The molecule has 2 rings (SSSR count). The Labute approximate surface area is 111 Å². The molecule has 0 atom stereocenters. The van der Waals surface area contributed by atoms with Crippen molar-refractivity contribution in [2.24, 2.45) is 5.92 Å². The third-order valence-electron chi connectivity index (χ3n) is 3.72. The fourth-order valence-electron chi connectivity index (χ4n) is 2.45. The van der Waals surface area contributed by atoms with E-state index in [4.69, 9.17) is 0 Å². The molecule has 0 bridgehead atoms. The summed E-state index contributed by atoms with van der Waals surface area (Å²) in [6, 6.07) is 6.12. The summed E-state index contributed by atoms with van der Waals surface area (Å²) in [5.41, 5.74) is 1.07. The second kappa shape index (κ2) is 6.74. The van der Waals surface area contributed by atoms with Crippen LogP contribution in [0.15, 0.2) is 18.2 Å². The average Bonchev–Trinajstić information content (AvgIpc) is 2.37. The van der Waals surface area contributed by atoms with Crippen molar-refractivity contribution in [2.45, 2.75) is 33.1 Å². The topological polar surface area (TPSA) is 28.2 Å². The molecule has 0 saturated carbocycles. The van der Waals surface area contributed by atoms with Gasteiger partial charge < -0.3 is 10.2 Å². The zero-order valence-corrected chi connectivity index (χ0v) is 11.7. The van der Waals surface area contributed by atoms with E-state index in [1.54, 1.807) is 0 Å². The number of hydrogen-bond acceptors (Lipinski definition) is 3. The molecule has 0 amide bonds. The fourth-order valence-corrected chi connectivity index (χ4v) is 2.45. The molecule has 0 unspecified atom stereocenters. The van der Waals surface area contributed by atoms with E-state index < -0.39 is 0 Å². The first-order chi connectivity index (χ1) is 8.74. The summed E-state index contributed by atoms with van der Waals surface area (Å²) in [6.07, 6.45) is 3.93. The van der Waals surface area contributed by atoms with Crippen molar-refractivity contribution < 1.29 is 0 Å². The lowest BCUT2D eigenvalue weighted by atomic mass is 9.99. The van der Waals surface area contributed by atoms with Crippen LogP contribution in [-0.4, -0.2) is 36.1 Å². The Morgan fingerprint density at radius 3 is 2.83 bits per heavy atom. The molecule has 18 heavy (non-hydrogen) atoms. The summed E-state index contributed by atoms with van der Waals surface area (Å²) in [5, 5.41) is 3.40. The minimum Gasteiger partial charge on any atom is -0.370 e. The van der Waals surface area contributed by atoms with Gasteiger partial charge in [0.15, 0.2) is 0 Å². The number of rotatable bonds is 5. The van der Waals surface area contributed by atoms with Crippen molar-refractivity contribution in [3.63, 3.8) is 0 Å². The van der Waals surface area contributed by atoms with Crippen molar-refractivity contribution in [3.05, 3.63) is 23.9 Å². The molecule has 1 saturated heterocycles. The van der Waals surface area contributed by atoms with Gasteiger partial charge >= 0.3 is 0 Å². The van der Waals surface area contributed by atoms with Crippen LogP contribution in [0, 0.1) is 12.8 Å². The van der Waals surface area contributed by atoms with Gasteiger partial charge in [-0.05, 0) is 63.9 Å². The average molecular weight is 247 g/mol. The number of piperidine rings is 1. The highest BCUT2D eigenvalue weighted by Crippen LogP contribution is 2.15. The number of nitrogens with one attached hydrogen (secondary N) is 1. The normalized spacial score (nSPS) is 17.9. The first kappa shape index (κ1) is 13.3. The predicted octanol–water partition coefficient (Wildman–Crippen LogP) is 2.92. The van der Waals surface area contributed by atoms with Crippen LogP contribution in [-0.2, 0) is 0 Å². The minimum absolute atomic E-state index is 0.927. The molecule has 2 heterocycles. The molecule has 3 heteroatoms. The van der Waals surface area contributed by atoms with Gasteiger partial charge in [-0.2, -0.15) is 0 Å². The zero-order chi connectivity index (χ0) is 12.8. The summed E-state index contributed by atoms with van der Waals surface area (Å²) in [4.78, 5) is 7.03. The quantitative estimate of drug-likeness (QED) is 0.811. The highest BCUT2D eigenvalue weighted by atomic mass is 15.1. The van der Waals surface area contributed by atoms with Gasteiger partial charge in [-0.3, -0.25) is 0 Å². The van der Waals surface area contributed by atoms with Gasteiger partial charge in [0, 0.05) is 12.2 Å². The van der Waals surface area contributed by atoms with Crippen molar-refractivity contribution in [3.8, 4) is 0 Å². The lowest BCUT2D eigenvalue weighted by molar-refractivity contribution is 0.192. The van der Waals surface area contributed by atoms with Crippen LogP contribution in [0.5, 0.6) is 0 Å². The Bertz CT molecular complexity index is 357. The van der Waals surface area contributed by atoms with Gasteiger partial charge in [0.05, 0.1) is 0 Å². The van der Waals surface area contributed by atoms with E-state index in [1.165, 1.54) is 38.9 Å². The summed E-state index contributed by atoms with van der Waals surface area (Å²) in [6.45, 7) is 9.18.